The van der Waals surface area contributed by atoms with E-state index in [0.717, 1.165) is 25.0 Å². The van der Waals surface area contributed by atoms with Gasteiger partial charge in [-0.2, -0.15) is 0 Å². The van der Waals surface area contributed by atoms with E-state index in [0.29, 0.717) is 30.6 Å². The molecule has 1 aromatic carbocycles. The summed E-state index contributed by atoms with van der Waals surface area (Å²) in [5.41, 5.74) is 5.41. The first-order valence-electron chi connectivity index (χ1n) is 15.5. The lowest BCUT2D eigenvalue weighted by atomic mass is 9.62. The minimum Gasteiger partial charge on any atom is -0.456 e. The Hall–Kier alpha value is -2.56. The van der Waals surface area contributed by atoms with E-state index in [1.54, 1.807) is 0 Å². The number of aryl methyl sites for hydroxylation is 1. The fourth-order valence-electron chi connectivity index (χ4n) is 7.43. The number of benzene rings is 1. The molecule has 5 heteroatoms. The van der Waals surface area contributed by atoms with Crippen molar-refractivity contribution < 1.29 is 14.0 Å². The molecule has 1 aromatic heterocycles. The number of nitrogens with one attached hydrogen (secondary N) is 1. The van der Waals surface area contributed by atoms with Gasteiger partial charge >= 0.3 is 0 Å². The van der Waals surface area contributed by atoms with Crippen molar-refractivity contribution in [2.45, 2.75) is 137 Å². The molecular formula is C36H54N2O3. The molecule has 3 aliphatic rings. The Kier molecular flexibility index (Phi) is 8.62. The number of amides is 2. The van der Waals surface area contributed by atoms with Gasteiger partial charge in [0.15, 0.2) is 5.76 Å². The summed E-state index contributed by atoms with van der Waals surface area (Å²) in [4.78, 5) is 29.1. The van der Waals surface area contributed by atoms with E-state index in [1.807, 2.05) is 37.8 Å². The van der Waals surface area contributed by atoms with Crippen LogP contribution in [0.3, 0.4) is 0 Å². The van der Waals surface area contributed by atoms with Crippen molar-refractivity contribution in [1.82, 2.24) is 10.2 Å². The molecular weight excluding hydrogens is 508 g/mol. The number of rotatable bonds is 4. The summed E-state index contributed by atoms with van der Waals surface area (Å²) in [6.07, 6.45) is 8.50. The summed E-state index contributed by atoms with van der Waals surface area (Å²) in [7, 11) is 0. The molecule has 41 heavy (non-hydrogen) atoms. The minimum atomic E-state index is -0.451. The number of hydrogen-bond acceptors (Lipinski definition) is 3. The number of piperidine rings is 1. The van der Waals surface area contributed by atoms with Crippen LogP contribution in [0.25, 0.3) is 0 Å². The fourth-order valence-corrected chi connectivity index (χ4v) is 7.43. The van der Waals surface area contributed by atoms with E-state index >= 15 is 0 Å². The molecule has 1 unspecified atom stereocenters. The Morgan fingerprint density at radius 1 is 0.976 bits per heavy atom. The summed E-state index contributed by atoms with van der Waals surface area (Å²) in [5, 5.41) is 3.14. The van der Waals surface area contributed by atoms with Crippen LogP contribution in [-0.4, -0.2) is 34.8 Å². The van der Waals surface area contributed by atoms with Crippen molar-refractivity contribution in [2.24, 2.45) is 11.8 Å². The maximum Gasteiger partial charge on any atom is 0.290 e. The molecule has 2 aliphatic carbocycles. The van der Waals surface area contributed by atoms with Crippen LogP contribution in [0.4, 0.5) is 0 Å². The molecule has 0 spiro atoms. The van der Waals surface area contributed by atoms with E-state index in [9.17, 15) is 9.59 Å². The van der Waals surface area contributed by atoms with Crippen LogP contribution in [0.15, 0.2) is 28.7 Å². The van der Waals surface area contributed by atoms with Crippen LogP contribution in [0, 0.1) is 18.8 Å². The standard InChI is InChI=1S/C35H50N2O3.CH4/c1-22-17-27-28(35(7,8)16-15-34(27,5)6)19-25(22)18-26-13-14-30(40-26)32(39)37-21-24-12-10-9-11-23(24)20-29(37)31(38)36-33(2,3)4;/h13-14,17,19,23-24,29H,9-12,15-16,18,20-21H2,1-8H3,(H,36,38);1H4/t23-,24+,29?;/m0./s1. The van der Waals surface area contributed by atoms with Crippen LogP contribution in [0.1, 0.15) is 139 Å². The molecule has 3 atom stereocenters. The van der Waals surface area contributed by atoms with Gasteiger partial charge in [0.05, 0.1) is 0 Å². The molecule has 0 radical (unpaired) electrons. The van der Waals surface area contributed by atoms with Gasteiger partial charge in [0.2, 0.25) is 5.91 Å². The number of carbonyl (C=O) groups is 2. The van der Waals surface area contributed by atoms with Gasteiger partial charge in [-0.05, 0) is 110 Å². The second-order valence-corrected chi connectivity index (χ2v) is 15.3. The lowest BCUT2D eigenvalue weighted by Crippen LogP contribution is -2.59. The van der Waals surface area contributed by atoms with Crippen LogP contribution < -0.4 is 5.32 Å². The molecule has 226 valence electrons. The second-order valence-electron chi connectivity index (χ2n) is 15.3. The van der Waals surface area contributed by atoms with E-state index in [-0.39, 0.29) is 35.6 Å². The Labute approximate surface area is 248 Å². The third kappa shape index (κ3) is 6.44. The van der Waals surface area contributed by atoms with Gasteiger partial charge in [0, 0.05) is 18.5 Å². The molecule has 2 heterocycles. The van der Waals surface area contributed by atoms with E-state index in [1.165, 1.54) is 47.9 Å². The summed E-state index contributed by atoms with van der Waals surface area (Å²) < 4.78 is 6.24. The van der Waals surface area contributed by atoms with Crippen LogP contribution in [-0.2, 0) is 22.0 Å². The van der Waals surface area contributed by atoms with Crippen molar-refractivity contribution in [2.75, 3.05) is 6.54 Å². The number of hydrogen-bond donors (Lipinski definition) is 1. The molecule has 2 fully saturated rings. The predicted octanol–water partition coefficient (Wildman–Crippen LogP) is 8.10. The van der Waals surface area contributed by atoms with Crippen molar-refractivity contribution in [1.29, 1.82) is 0 Å². The summed E-state index contributed by atoms with van der Waals surface area (Å²) >= 11 is 0. The summed E-state index contributed by atoms with van der Waals surface area (Å²) in [6.45, 7) is 18.2. The summed E-state index contributed by atoms with van der Waals surface area (Å²) in [6, 6.07) is 8.07. The zero-order valence-electron chi connectivity index (χ0n) is 26.1. The van der Waals surface area contributed by atoms with Crippen molar-refractivity contribution in [3.05, 3.63) is 58.0 Å². The normalized spacial score (nSPS) is 25.0. The number of fused-ring (bicyclic) bond motifs is 2. The van der Waals surface area contributed by atoms with E-state index in [2.05, 4.69) is 52.1 Å². The third-order valence-electron chi connectivity index (χ3n) is 10.0. The topological polar surface area (TPSA) is 62.6 Å². The monoisotopic (exact) mass is 562 g/mol. The minimum absolute atomic E-state index is 0. The highest BCUT2D eigenvalue weighted by Crippen LogP contribution is 2.47. The first-order chi connectivity index (χ1) is 18.6. The van der Waals surface area contributed by atoms with Gasteiger partial charge in [-0.3, -0.25) is 9.59 Å². The predicted molar refractivity (Wildman–Crippen MR) is 167 cm³/mol. The van der Waals surface area contributed by atoms with Crippen molar-refractivity contribution in [3.63, 3.8) is 0 Å². The Morgan fingerprint density at radius 3 is 2.22 bits per heavy atom. The first-order valence-corrected chi connectivity index (χ1v) is 15.5. The number of carbonyl (C=O) groups excluding carboxylic acids is 2. The number of nitrogens with zero attached hydrogens (tertiary/aromatic N) is 1. The van der Waals surface area contributed by atoms with Gasteiger partial charge in [-0.25, -0.2) is 0 Å². The smallest absolute Gasteiger partial charge is 0.290 e. The number of furan rings is 1. The SMILES string of the molecule is C.Cc1cc2c(cc1Cc1ccc(C(=O)N3C[C@H]4CCCC[C@H]4CC3C(=O)NC(C)(C)C)o1)C(C)(C)CCC2(C)C. The third-order valence-corrected chi connectivity index (χ3v) is 10.0. The molecule has 1 saturated carbocycles. The largest absolute Gasteiger partial charge is 0.456 e. The Bertz CT molecular complexity index is 1280. The van der Waals surface area contributed by atoms with Crippen molar-refractivity contribution >= 4 is 11.8 Å². The Balaban J connectivity index is 0.00000387. The maximum absolute atomic E-state index is 13.9. The number of likely N-dealkylation sites (tertiary alicyclic amines) is 1. The molecule has 5 nitrogen and oxygen atoms in total. The maximum atomic E-state index is 13.9. The summed E-state index contributed by atoms with van der Waals surface area (Å²) in [5.74, 6) is 1.91. The molecule has 2 aromatic rings. The van der Waals surface area contributed by atoms with Crippen LogP contribution in [0.5, 0.6) is 0 Å². The zero-order chi connectivity index (χ0) is 29.0. The van der Waals surface area contributed by atoms with Gasteiger partial charge in [0.1, 0.15) is 11.8 Å². The first kappa shape index (κ1) is 31.4. The van der Waals surface area contributed by atoms with Crippen molar-refractivity contribution in [3.8, 4) is 0 Å². The highest BCUT2D eigenvalue weighted by Gasteiger charge is 2.43. The average molecular weight is 563 g/mol. The van der Waals surface area contributed by atoms with E-state index < -0.39 is 6.04 Å². The average Bonchev–Trinajstić information content (AvgIpc) is 3.34. The quantitative estimate of drug-likeness (QED) is 0.409. The van der Waals surface area contributed by atoms with Gasteiger partial charge in [0.25, 0.3) is 5.91 Å². The lowest BCUT2D eigenvalue weighted by Gasteiger charge is -2.45. The van der Waals surface area contributed by atoms with E-state index in [4.69, 9.17) is 4.42 Å². The fraction of sp³-hybridized carbons (Fsp3) is 0.667. The van der Waals surface area contributed by atoms with Gasteiger partial charge < -0.3 is 14.6 Å². The zero-order valence-corrected chi connectivity index (χ0v) is 26.1. The second kappa shape index (κ2) is 11.3. The van der Waals surface area contributed by atoms with Crippen LogP contribution in [0.2, 0.25) is 0 Å². The van der Waals surface area contributed by atoms with Gasteiger partial charge in [-0.15, -0.1) is 0 Å². The highest BCUT2D eigenvalue weighted by molar-refractivity contribution is 5.96. The molecule has 1 aliphatic heterocycles. The highest BCUT2D eigenvalue weighted by atomic mass is 16.4. The molecule has 2 amide bonds. The molecule has 0 bridgehead atoms. The Morgan fingerprint density at radius 2 is 1.59 bits per heavy atom. The molecule has 5 rings (SSSR count). The van der Waals surface area contributed by atoms with Gasteiger partial charge in [-0.1, -0.05) is 66.5 Å². The molecule has 1 N–H and O–H groups in total. The van der Waals surface area contributed by atoms with Crippen LogP contribution >= 0.6 is 0 Å². The molecule has 1 saturated heterocycles. The lowest BCUT2D eigenvalue weighted by molar-refractivity contribution is -0.130.